The van der Waals surface area contributed by atoms with Gasteiger partial charge in [-0.05, 0) is 12.2 Å². The highest BCUT2D eigenvalue weighted by molar-refractivity contribution is 7.99. The molecule has 0 atom stereocenters. The van der Waals surface area contributed by atoms with Gasteiger partial charge in [0.1, 0.15) is 0 Å². The fraction of sp³-hybridized carbons (Fsp3) is 0.714. The Kier molecular flexibility index (Phi) is 8.73. The fourth-order valence-corrected chi connectivity index (χ4v) is 1.52. The van der Waals surface area contributed by atoms with Crippen molar-refractivity contribution in [2.45, 2.75) is 19.8 Å². The molecule has 0 spiro atoms. The molecule has 54 valence electrons. The largest absolute Gasteiger partial charge is 0.158 e. The number of thioether (sulfide) groups is 1. The standard InChI is InChI=1S/C7H13ClS/c1-2-3-6-9-7-4-5-8/h4-5H,2-3,6-7H2,1H3/b5-4+. The van der Waals surface area contributed by atoms with E-state index in [9.17, 15) is 0 Å². The second kappa shape index (κ2) is 8.38. The highest BCUT2D eigenvalue weighted by Crippen LogP contribution is 2.04. The zero-order valence-corrected chi connectivity index (χ0v) is 7.34. The van der Waals surface area contributed by atoms with Gasteiger partial charge in [-0.3, -0.25) is 0 Å². The Morgan fingerprint density at radius 1 is 1.56 bits per heavy atom. The average molecular weight is 165 g/mol. The van der Waals surface area contributed by atoms with Crippen LogP contribution in [0, 0.1) is 0 Å². The maximum atomic E-state index is 5.32. The van der Waals surface area contributed by atoms with E-state index in [1.165, 1.54) is 18.6 Å². The van der Waals surface area contributed by atoms with E-state index in [0.717, 1.165) is 5.75 Å². The van der Waals surface area contributed by atoms with Crippen LogP contribution in [0.5, 0.6) is 0 Å². The summed E-state index contributed by atoms with van der Waals surface area (Å²) in [6, 6.07) is 0. The van der Waals surface area contributed by atoms with Crippen molar-refractivity contribution >= 4 is 23.4 Å². The predicted octanol–water partition coefficient (Wildman–Crippen LogP) is 3.27. The minimum absolute atomic E-state index is 1.06. The third-order valence-corrected chi connectivity index (χ3v) is 2.13. The maximum absolute atomic E-state index is 5.32. The normalized spacial score (nSPS) is 10.9. The van der Waals surface area contributed by atoms with Crippen LogP contribution in [0.3, 0.4) is 0 Å². The molecule has 0 aromatic heterocycles. The van der Waals surface area contributed by atoms with Crippen LogP contribution in [0.25, 0.3) is 0 Å². The van der Waals surface area contributed by atoms with Crippen LogP contribution in [-0.2, 0) is 0 Å². The first-order valence-corrected chi connectivity index (χ1v) is 4.84. The van der Waals surface area contributed by atoms with Crippen molar-refractivity contribution in [1.82, 2.24) is 0 Å². The Labute approximate surface area is 66.7 Å². The second-order valence-corrected chi connectivity index (χ2v) is 3.19. The van der Waals surface area contributed by atoms with Crippen LogP contribution in [0.15, 0.2) is 11.6 Å². The minimum Gasteiger partial charge on any atom is -0.158 e. The molecule has 0 radical (unpaired) electrons. The number of rotatable bonds is 5. The molecule has 0 N–H and O–H groups in total. The van der Waals surface area contributed by atoms with E-state index in [1.807, 2.05) is 17.8 Å². The van der Waals surface area contributed by atoms with Gasteiger partial charge in [-0.25, -0.2) is 0 Å². The summed E-state index contributed by atoms with van der Waals surface area (Å²) in [4.78, 5) is 0. The molecule has 0 rings (SSSR count). The fourth-order valence-electron chi connectivity index (χ4n) is 0.434. The summed E-state index contributed by atoms with van der Waals surface area (Å²) in [6.45, 7) is 2.21. The van der Waals surface area contributed by atoms with Crippen LogP contribution in [0.4, 0.5) is 0 Å². The summed E-state index contributed by atoms with van der Waals surface area (Å²) in [5.74, 6) is 2.32. The molecule has 0 fully saturated rings. The molecule has 0 saturated carbocycles. The summed E-state index contributed by atoms with van der Waals surface area (Å²) < 4.78 is 0. The first kappa shape index (κ1) is 9.38. The third-order valence-electron chi connectivity index (χ3n) is 0.945. The molecule has 0 saturated heterocycles. The topological polar surface area (TPSA) is 0 Å². The van der Waals surface area contributed by atoms with Crippen LogP contribution < -0.4 is 0 Å². The van der Waals surface area contributed by atoms with Crippen LogP contribution in [0.1, 0.15) is 19.8 Å². The van der Waals surface area contributed by atoms with Gasteiger partial charge < -0.3 is 0 Å². The zero-order chi connectivity index (χ0) is 6.95. The molecule has 0 aromatic rings. The van der Waals surface area contributed by atoms with E-state index in [2.05, 4.69) is 6.92 Å². The molecule has 0 aliphatic heterocycles. The van der Waals surface area contributed by atoms with E-state index in [4.69, 9.17) is 11.6 Å². The van der Waals surface area contributed by atoms with Gasteiger partial charge in [-0.2, -0.15) is 11.8 Å². The monoisotopic (exact) mass is 164 g/mol. The average Bonchev–Trinajstić information content (AvgIpc) is 1.89. The summed E-state index contributed by atoms with van der Waals surface area (Å²) in [7, 11) is 0. The highest BCUT2D eigenvalue weighted by atomic mass is 35.5. The van der Waals surface area contributed by atoms with Crippen LogP contribution >= 0.6 is 23.4 Å². The number of hydrogen-bond acceptors (Lipinski definition) is 1. The summed E-state index contributed by atoms with van der Waals surface area (Å²) in [5, 5.41) is 0. The second-order valence-electron chi connectivity index (χ2n) is 1.79. The summed E-state index contributed by atoms with van der Waals surface area (Å²) >= 11 is 7.25. The van der Waals surface area contributed by atoms with Gasteiger partial charge in [0, 0.05) is 11.3 Å². The molecule has 0 aliphatic carbocycles. The predicted molar refractivity (Wildman–Crippen MR) is 47.2 cm³/mol. The molecule has 0 aliphatic rings. The lowest BCUT2D eigenvalue weighted by molar-refractivity contribution is 0.897. The van der Waals surface area contributed by atoms with E-state index >= 15 is 0 Å². The van der Waals surface area contributed by atoms with E-state index in [1.54, 1.807) is 5.54 Å². The first-order chi connectivity index (χ1) is 4.41. The Morgan fingerprint density at radius 2 is 2.33 bits per heavy atom. The molecule has 0 bridgehead atoms. The van der Waals surface area contributed by atoms with Gasteiger partial charge in [-0.1, -0.05) is 31.0 Å². The molecular weight excluding hydrogens is 152 g/mol. The van der Waals surface area contributed by atoms with E-state index in [-0.39, 0.29) is 0 Å². The van der Waals surface area contributed by atoms with Gasteiger partial charge in [0.25, 0.3) is 0 Å². The Bertz CT molecular complexity index is 71.3. The van der Waals surface area contributed by atoms with Gasteiger partial charge in [0.05, 0.1) is 0 Å². The lowest BCUT2D eigenvalue weighted by atomic mass is 10.4. The number of hydrogen-bond donors (Lipinski definition) is 0. The van der Waals surface area contributed by atoms with Gasteiger partial charge in [0.2, 0.25) is 0 Å². The molecule has 0 aromatic carbocycles. The van der Waals surface area contributed by atoms with Crippen molar-refractivity contribution in [3.8, 4) is 0 Å². The van der Waals surface area contributed by atoms with Crippen molar-refractivity contribution in [1.29, 1.82) is 0 Å². The minimum atomic E-state index is 1.06. The van der Waals surface area contributed by atoms with Crippen LogP contribution in [-0.4, -0.2) is 11.5 Å². The lowest BCUT2D eigenvalue weighted by Crippen LogP contribution is -1.77. The van der Waals surface area contributed by atoms with Crippen molar-refractivity contribution in [2.75, 3.05) is 11.5 Å². The van der Waals surface area contributed by atoms with Crippen molar-refractivity contribution in [2.24, 2.45) is 0 Å². The van der Waals surface area contributed by atoms with Gasteiger partial charge in [0.15, 0.2) is 0 Å². The van der Waals surface area contributed by atoms with Crippen LogP contribution in [0.2, 0.25) is 0 Å². The highest BCUT2D eigenvalue weighted by Gasteiger charge is 1.82. The van der Waals surface area contributed by atoms with Gasteiger partial charge in [-0.15, -0.1) is 0 Å². The molecular formula is C7H13ClS. The van der Waals surface area contributed by atoms with Gasteiger partial charge >= 0.3 is 0 Å². The van der Waals surface area contributed by atoms with Crippen molar-refractivity contribution in [3.05, 3.63) is 11.6 Å². The Balaban J connectivity index is 2.75. The van der Waals surface area contributed by atoms with Crippen molar-refractivity contribution < 1.29 is 0 Å². The zero-order valence-electron chi connectivity index (χ0n) is 5.77. The smallest absolute Gasteiger partial charge is 0.0125 e. The maximum Gasteiger partial charge on any atom is 0.0125 e. The molecule has 0 heterocycles. The first-order valence-electron chi connectivity index (χ1n) is 3.24. The Morgan fingerprint density at radius 3 is 2.89 bits per heavy atom. The molecule has 0 nitrogen and oxygen atoms in total. The molecule has 9 heavy (non-hydrogen) atoms. The SMILES string of the molecule is CCCCSC/C=C/Cl. The molecule has 0 amide bonds. The van der Waals surface area contributed by atoms with E-state index < -0.39 is 0 Å². The molecule has 0 unspecified atom stereocenters. The molecule has 2 heteroatoms. The summed E-state index contributed by atoms with van der Waals surface area (Å²) in [5.41, 5.74) is 1.58. The van der Waals surface area contributed by atoms with Crippen molar-refractivity contribution in [3.63, 3.8) is 0 Å². The third kappa shape index (κ3) is 8.38. The number of halogens is 1. The summed E-state index contributed by atoms with van der Waals surface area (Å²) in [6.07, 6.45) is 4.58. The number of unbranched alkanes of at least 4 members (excludes halogenated alkanes) is 1. The lowest BCUT2D eigenvalue weighted by Gasteiger charge is -1.92. The quantitative estimate of drug-likeness (QED) is 0.562. The van der Waals surface area contributed by atoms with E-state index in [0.29, 0.717) is 0 Å². The Hall–Kier alpha value is 0.380.